The van der Waals surface area contributed by atoms with Crippen LogP contribution in [0.1, 0.15) is 17.5 Å². The predicted molar refractivity (Wildman–Crippen MR) is 52.8 cm³/mol. The van der Waals surface area contributed by atoms with Gasteiger partial charge in [0.2, 0.25) is 5.91 Å². The number of pyridine rings is 1. The van der Waals surface area contributed by atoms with E-state index in [2.05, 4.69) is 15.8 Å². The molecule has 0 spiro atoms. The van der Waals surface area contributed by atoms with E-state index in [4.69, 9.17) is 0 Å². The monoisotopic (exact) mass is 189 g/mol. The third-order valence-corrected chi connectivity index (χ3v) is 2.01. The molecule has 1 amide bonds. The number of hydrazine groups is 1. The fourth-order valence-electron chi connectivity index (χ4n) is 1.33. The van der Waals surface area contributed by atoms with Crippen molar-refractivity contribution < 1.29 is 4.79 Å². The summed E-state index contributed by atoms with van der Waals surface area (Å²) in [7, 11) is 0. The van der Waals surface area contributed by atoms with Crippen molar-refractivity contribution in [3.63, 3.8) is 0 Å². The first-order valence-electron chi connectivity index (χ1n) is 4.43. The second-order valence-corrected chi connectivity index (χ2v) is 3.25. The van der Waals surface area contributed by atoms with E-state index in [0.717, 1.165) is 16.8 Å². The number of amides is 1. The Kier molecular flexibility index (Phi) is 2.18. The molecule has 14 heavy (non-hydrogen) atoms. The maximum Gasteiger partial charge on any atom is 0.242 e. The Morgan fingerprint density at radius 2 is 2.21 bits per heavy atom. The smallest absolute Gasteiger partial charge is 0.242 e. The summed E-state index contributed by atoms with van der Waals surface area (Å²) in [4.78, 5) is 15.0. The highest BCUT2D eigenvalue weighted by Crippen LogP contribution is 2.13. The Bertz CT molecular complexity index is 398. The number of rotatable bonds is 1. The van der Waals surface area contributed by atoms with Crippen LogP contribution in [0.3, 0.4) is 0 Å². The molecule has 0 fully saturated rings. The molecule has 1 aliphatic heterocycles. The predicted octanol–water partition coefficient (Wildman–Crippen LogP) is 0.755. The summed E-state index contributed by atoms with van der Waals surface area (Å²) in [5.74, 6) is -0.0191. The average molecular weight is 189 g/mol. The molecule has 0 saturated heterocycles. The zero-order valence-corrected chi connectivity index (χ0v) is 7.87. The van der Waals surface area contributed by atoms with Crippen LogP contribution in [0.4, 0.5) is 0 Å². The first-order chi connectivity index (χ1) is 6.75. The van der Waals surface area contributed by atoms with Crippen molar-refractivity contribution in [1.29, 1.82) is 0 Å². The van der Waals surface area contributed by atoms with Crippen LogP contribution in [0.5, 0.6) is 0 Å². The normalized spacial score (nSPS) is 15.5. The van der Waals surface area contributed by atoms with Gasteiger partial charge in [0.05, 0.1) is 5.70 Å². The van der Waals surface area contributed by atoms with E-state index in [1.807, 2.05) is 19.1 Å². The largest absolute Gasteiger partial charge is 0.298 e. The molecular weight excluding hydrogens is 178 g/mol. The molecule has 72 valence electrons. The van der Waals surface area contributed by atoms with Gasteiger partial charge in [-0.05, 0) is 24.6 Å². The minimum Gasteiger partial charge on any atom is -0.298 e. The highest BCUT2D eigenvalue weighted by molar-refractivity contribution is 5.83. The molecule has 2 rings (SSSR count). The van der Waals surface area contributed by atoms with E-state index >= 15 is 0 Å². The number of nitrogens with one attached hydrogen (secondary N) is 2. The molecule has 1 aliphatic rings. The Labute approximate surface area is 82.0 Å². The molecule has 1 aromatic rings. The van der Waals surface area contributed by atoms with Crippen molar-refractivity contribution in [3.05, 3.63) is 35.7 Å². The Hall–Kier alpha value is -1.84. The minimum absolute atomic E-state index is 0.0191. The number of nitrogens with zero attached hydrogens (tertiary/aromatic N) is 1. The summed E-state index contributed by atoms with van der Waals surface area (Å²) in [5.41, 5.74) is 8.39. The van der Waals surface area contributed by atoms with Gasteiger partial charge in [-0.1, -0.05) is 0 Å². The molecule has 0 saturated carbocycles. The van der Waals surface area contributed by atoms with Crippen molar-refractivity contribution in [1.82, 2.24) is 15.8 Å². The summed E-state index contributed by atoms with van der Waals surface area (Å²) >= 11 is 0. The molecule has 4 nitrogen and oxygen atoms in total. The number of carbonyl (C=O) groups excluding carboxylic acids is 1. The maximum atomic E-state index is 10.9. The fraction of sp³-hybridized carbons (Fsp3) is 0.200. The molecule has 0 aromatic carbocycles. The van der Waals surface area contributed by atoms with Gasteiger partial charge in [-0.2, -0.15) is 0 Å². The molecular formula is C10H11N3O. The number of aryl methyl sites for hydroxylation is 1. The Morgan fingerprint density at radius 3 is 2.86 bits per heavy atom. The van der Waals surface area contributed by atoms with Crippen LogP contribution in [0.2, 0.25) is 0 Å². The topological polar surface area (TPSA) is 54.0 Å². The third kappa shape index (κ3) is 1.74. The van der Waals surface area contributed by atoms with Gasteiger partial charge >= 0.3 is 0 Å². The van der Waals surface area contributed by atoms with E-state index in [1.165, 1.54) is 0 Å². The molecule has 0 unspecified atom stereocenters. The van der Waals surface area contributed by atoms with Crippen LogP contribution in [-0.4, -0.2) is 10.9 Å². The molecule has 0 bridgehead atoms. The van der Waals surface area contributed by atoms with Gasteiger partial charge in [0.1, 0.15) is 0 Å². The van der Waals surface area contributed by atoms with Crippen molar-refractivity contribution in [2.75, 3.05) is 0 Å². The van der Waals surface area contributed by atoms with Crippen molar-refractivity contribution in [2.24, 2.45) is 0 Å². The first-order valence-corrected chi connectivity index (χ1v) is 4.43. The van der Waals surface area contributed by atoms with E-state index in [9.17, 15) is 4.79 Å². The van der Waals surface area contributed by atoms with Crippen LogP contribution >= 0.6 is 0 Å². The molecule has 2 heterocycles. The third-order valence-electron chi connectivity index (χ3n) is 2.01. The van der Waals surface area contributed by atoms with Crippen molar-refractivity contribution >= 4 is 11.6 Å². The fourth-order valence-corrected chi connectivity index (χ4v) is 1.33. The van der Waals surface area contributed by atoms with Crippen LogP contribution in [-0.2, 0) is 4.79 Å². The lowest BCUT2D eigenvalue weighted by atomic mass is 10.1. The first kappa shape index (κ1) is 8.74. The van der Waals surface area contributed by atoms with Crippen LogP contribution in [0, 0.1) is 6.92 Å². The number of carbonyl (C=O) groups is 1. The molecule has 4 heteroatoms. The SMILES string of the molecule is Cc1cncc(C2=CCC(=O)NN2)c1. The summed E-state index contributed by atoms with van der Waals surface area (Å²) in [5, 5.41) is 0. The number of hydrogen-bond acceptors (Lipinski definition) is 3. The zero-order chi connectivity index (χ0) is 9.97. The molecule has 0 atom stereocenters. The summed E-state index contributed by atoms with van der Waals surface area (Å²) in [6, 6.07) is 2.02. The van der Waals surface area contributed by atoms with Gasteiger partial charge in [0.15, 0.2) is 0 Å². The van der Waals surface area contributed by atoms with E-state index in [-0.39, 0.29) is 5.91 Å². The van der Waals surface area contributed by atoms with Gasteiger partial charge in [0, 0.05) is 24.4 Å². The summed E-state index contributed by atoms with van der Waals surface area (Å²) in [6.45, 7) is 1.98. The molecule has 1 aromatic heterocycles. The molecule has 0 radical (unpaired) electrons. The van der Waals surface area contributed by atoms with E-state index in [1.54, 1.807) is 12.4 Å². The second-order valence-electron chi connectivity index (χ2n) is 3.25. The van der Waals surface area contributed by atoms with Crippen molar-refractivity contribution in [3.8, 4) is 0 Å². The lowest BCUT2D eigenvalue weighted by Crippen LogP contribution is -2.38. The number of aromatic nitrogens is 1. The van der Waals surface area contributed by atoms with Crippen LogP contribution < -0.4 is 10.9 Å². The Balaban J connectivity index is 2.27. The van der Waals surface area contributed by atoms with Gasteiger partial charge in [-0.15, -0.1) is 0 Å². The van der Waals surface area contributed by atoms with Gasteiger partial charge < -0.3 is 0 Å². The van der Waals surface area contributed by atoms with Gasteiger partial charge in [-0.25, -0.2) is 0 Å². The van der Waals surface area contributed by atoms with Crippen molar-refractivity contribution in [2.45, 2.75) is 13.3 Å². The molecule has 0 aliphatic carbocycles. The standard InChI is InChI=1S/C10H11N3O/c1-7-4-8(6-11-5-7)9-2-3-10(14)13-12-9/h2,4-6,12H,3H2,1H3,(H,13,14). The average Bonchev–Trinajstić information content (AvgIpc) is 2.19. The zero-order valence-electron chi connectivity index (χ0n) is 7.87. The molecule has 2 N–H and O–H groups in total. The van der Waals surface area contributed by atoms with Gasteiger partial charge in [-0.3, -0.25) is 20.6 Å². The maximum absolute atomic E-state index is 10.9. The highest BCUT2D eigenvalue weighted by Gasteiger charge is 2.09. The quantitative estimate of drug-likeness (QED) is 0.685. The lowest BCUT2D eigenvalue weighted by molar-refractivity contribution is -0.121. The lowest BCUT2D eigenvalue weighted by Gasteiger charge is -2.16. The van der Waals surface area contributed by atoms with E-state index < -0.39 is 0 Å². The minimum atomic E-state index is -0.0191. The van der Waals surface area contributed by atoms with E-state index in [0.29, 0.717) is 6.42 Å². The van der Waals surface area contributed by atoms with Crippen LogP contribution in [0.15, 0.2) is 24.5 Å². The van der Waals surface area contributed by atoms with Crippen LogP contribution in [0.25, 0.3) is 5.70 Å². The summed E-state index contributed by atoms with van der Waals surface area (Å²) in [6.07, 6.45) is 5.83. The van der Waals surface area contributed by atoms with Gasteiger partial charge in [0.25, 0.3) is 0 Å². The highest BCUT2D eigenvalue weighted by atomic mass is 16.2. The Morgan fingerprint density at radius 1 is 1.36 bits per heavy atom. The second kappa shape index (κ2) is 3.49. The number of hydrogen-bond donors (Lipinski definition) is 2. The summed E-state index contributed by atoms with van der Waals surface area (Å²) < 4.78 is 0.